The number of anilines is 2. The van der Waals surface area contributed by atoms with Gasteiger partial charge in [0.2, 0.25) is 0 Å². The topological polar surface area (TPSA) is 113 Å². The number of nitrogens with zero attached hydrogens (tertiary/aromatic N) is 4. The summed E-state index contributed by atoms with van der Waals surface area (Å²) in [6.45, 7) is 7.44. The number of pyridine rings is 1. The Bertz CT molecular complexity index is 1430. The van der Waals surface area contributed by atoms with E-state index in [1.54, 1.807) is 71.8 Å². The van der Waals surface area contributed by atoms with Gasteiger partial charge in [0.1, 0.15) is 11.5 Å². The lowest BCUT2D eigenvalue weighted by Gasteiger charge is -2.17. The third-order valence-electron chi connectivity index (χ3n) is 5.91. The van der Waals surface area contributed by atoms with Crippen LogP contribution >= 0.6 is 0 Å². The number of rotatable bonds is 9. The predicted octanol–water partition coefficient (Wildman–Crippen LogP) is 5.29. The van der Waals surface area contributed by atoms with Gasteiger partial charge in [0, 0.05) is 42.1 Å². The molecular formula is C30H35N7O3. The molecule has 4 rings (SSSR count). The van der Waals surface area contributed by atoms with Crippen LogP contribution in [0.2, 0.25) is 0 Å². The molecule has 0 fully saturated rings. The van der Waals surface area contributed by atoms with Crippen molar-refractivity contribution in [3.8, 4) is 17.2 Å². The van der Waals surface area contributed by atoms with Crippen LogP contribution in [0.1, 0.15) is 36.8 Å². The van der Waals surface area contributed by atoms with Gasteiger partial charge < -0.3 is 25.6 Å². The van der Waals surface area contributed by atoms with E-state index in [4.69, 9.17) is 9.84 Å². The predicted molar refractivity (Wildman–Crippen MR) is 157 cm³/mol. The quantitative estimate of drug-likeness (QED) is 0.265. The Morgan fingerprint density at radius 2 is 1.55 bits per heavy atom. The van der Waals surface area contributed by atoms with E-state index in [1.807, 2.05) is 51.9 Å². The van der Waals surface area contributed by atoms with Crippen molar-refractivity contribution in [1.82, 2.24) is 25.0 Å². The van der Waals surface area contributed by atoms with Crippen LogP contribution in [-0.4, -0.2) is 58.8 Å². The average molecular weight is 542 g/mol. The highest BCUT2D eigenvalue weighted by Gasteiger charge is 2.24. The van der Waals surface area contributed by atoms with E-state index in [-0.39, 0.29) is 11.3 Å². The third-order valence-corrected chi connectivity index (χ3v) is 5.91. The number of amides is 3. The Labute approximate surface area is 234 Å². The average Bonchev–Trinajstić information content (AvgIpc) is 3.34. The van der Waals surface area contributed by atoms with Gasteiger partial charge in [-0.25, -0.2) is 9.48 Å². The summed E-state index contributed by atoms with van der Waals surface area (Å²) < 4.78 is 7.48. The van der Waals surface area contributed by atoms with E-state index in [0.717, 1.165) is 17.9 Å². The van der Waals surface area contributed by atoms with Crippen molar-refractivity contribution in [2.24, 2.45) is 0 Å². The van der Waals surface area contributed by atoms with Gasteiger partial charge in [-0.2, -0.15) is 5.10 Å². The number of likely N-dealkylation sites (N-methyl/N-ethyl adjacent to an activating group) is 1. The monoisotopic (exact) mass is 541 g/mol. The molecule has 0 saturated carbocycles. The summed E-state index contributed by atoms with van der Waals surface area (Å²) in [6, 6.07) is 17.4. The van der Waals surface area contributed by atoms with E-state index >= 15 is 0 Å². The van der Waals surface area contributed by atoms with Gasteiger partial charge in [0.15, 0.2) is 0 Å². The van der Waals surface area contributed by atoms with Gasteiger partial charge >= 0.3 is 6.03 Å². The fraction of sp³-hybridized carbons (Fsp3) is 0.267. The fourth-order valence-electron chi connectivity index (χ4n) is 3.85. The zero-order valence-electron chi connectivity index (χ0n) is 23.4. The molecule has 0 atom stereocenters. The van der Waals surface area contributed by atoms with E-state index < -0.39 is 6.03 Å². The second-order valence-electron chi connectivity index (χ2n) is 10.6. The number of ether oxygens (including phenoxy) is 1. The van der Waals surface area contributed by atoms with Gasteiger partial charge in [-0.1, -0.05) is 20.8 Å². The standard InChI is InChI=1S/C30H35N7O3/c1-30(2,3)27-26(20-37(35-27)23-10-6-21(7-11-23)28(38)32-18-19-36(4)5)34-29(39)33-22-8-12-24(13-9-22)40-25-14-16-31-17-15-25/h6-17,20H,18-19H2,1-5H3,(H,32,38)(H2,33,34,39). The van der Waals surface area contributed by atoms with Crippen molar-refractivity contribution in [2.45, 2.75) is 26.2 Å². The number of carbonyl (C=O) groups is 2. The van der Waals surface area contributed by atoms with E-state index in [9.17, 15) is 9.59 Å². The van der Waals surface area contributed by atoms with Crippen molar-refractivity contribution >= 4 is 23.3 Å². The van der Waals surface area contributed by atoms with Crippen LogP contribution in [0.15, 0.2) is 79.3 Å². The molecule has 0 bridgehead atoms. The minimum Gasteiger partial charge on any atom is -0.457 e. The maximum absolute atomic E-state index is 12.9. The van der Waals surface area contributed by atoms with Crippen LogP contribution in [0.5, 0.6) is 11.5 Å². The van der Waals surface area contributed by atoms with Crippen LogP contribution in [0.3, 0.4) is 0 Å². The molecule has 40 heavy (non-hydrogen) atoms. The van der Waals surface area contributed by atoms with Crippen LogP contribution in [0.25, 0.3) is 5.69 Å². The second-order valence-corrected chi connectivity index (χ2v) is 10.6. The summed E-state index contributed by atoms with van der Waals surface area (Å²) in [5.74, 6) is 1.20. The van der Waals surface area contributed by atoms with E-state index in [1.165, 1.54) is 0 Å². The van der Waals surface area contributed by atoms with Gasteiger partial charge in [-0.3, -0.25) is 9.78 Å². The van der Waals surface area contributed by atoms with E-state index in [0.29, 0.717) is 35.0 Å². The van der Waals surface area contributed by atoms with Crippen molar-refractivity contribution in [1.29, 1.82) is 0 Å². The molecule has 0 aliphatic rings. The van der Waals surface area contributed by atoms with Gasteiger partial charge in [0.25, 0.3) is 5.91 Å². The SMILES string of the molecule is CN(C)CCNC(=O)c1ccc(-n2cc(NC(=O)Nc3ccc(Oc4ccncc4)cc3)c(C(C)(C)C)n2)cc1. The number of hydrogen-bond donors (Lipinski definition) is 3. The minimum atomic E-state index is -0.391. The highest BCUT2D eigenvalue weighted by Crippen LogP contribution is 2.30. The van der Waals surface area contributed by atoms with Crippen LogP contribution in [0, 0.1) is 0 Å². The van der Waals surface area contributed by atoms with Gasteiger partial charge in [-0.05, 0) is 74.8 Å². The molecule has 10 nitrogen and oxygen atoms in total. The Morgan fingerprint density at radius 1 is 0.900 bits per heavy atom. The number of nitrogens with one attached hydrogen (secondary N) is 3. The molecule has 208 valence electrons. The number of hydrogen-bond acceptors (Lipinski definition) is 6. The highest BCUT2D eigenvalue weighted by molar-refractivity contribution is 6.00. The molecule has 0 radical (unpaired) electrons. The molecule has 0 aliphatic carbocycles. The van der Waals surface area contributed by atoms with Crippen molar-refractivity contribution in [2.75, 3.05) is 37.8 Å². The van der Waals surface area contributed by atoms with Crippen molar-refractivity contribution < 1.29 is 14.3 Å². The Kier molecular flexibility index (Phi) is 8.80. The number of carbonyl (C=O) groups excluding carboxylic acids is 2. The lowest BCUT2D eigenvalue weighted by molar-refractivity contribution is 0.0951. The molecule has 2 aromatic carbocycles. The maximum Gasteiger partial charge on any atom is 0.323 e. The minimum absolute atomic E-state index is 0.125. The van der Waals surface area contributed by atoms with Crippen LogP contribution < -0.4 is 20.7 Å². The molecule has 0 unspecified atom stereocenters. The molecule has 2 heterocycles. The largest absolute Gasteiger partial charge is 0.457 e. The Hall–Kier alpha value is -4.70. The summed E-state index contributed by atoms with van der Waals surface area (Å²) >= 11 is 0. The molecule has 3 N–H and O–H groups in total. The normalized spacial score (nSPS) is 11.2. The maximum atomic E-state index is 12.9. The number of benzene rings is 2. The first kappa shape index (κ1) is 28.3. The fourth-order valence-corrected chi connectivity index (χ4v) is 3.85. The number of aromatic nitrogens is 3. The molecule has 0 spiro atoms. The first-order chi connectivity index (χ1) is 19.1. The van der Waals surface area contributed by atoms with Crippen LogP contribution in [-0.2, 0) is 5.41 Å². The summed E-state index contributed by atoms with van der Waals surface area (Å²) in [5.41, 5.74) is 2.95. The lowest BCUT2D eigenvalue weighted by atomic mass is 9.91. The van der Waals surface area contributed by atoms with E-state index in [2.05, 4.69) is 20.9 Å². The third kappa shape index (κ3) is 7.67. The van der Waals surface area contributed by atoms with Crippen molar-refractivity contribution in [3.63, 3.8) is 0 Å². The smallest absolute Gasteiger partial charge is 0.323 e. The summed E-state index contributed by atoms with van der Waals surface area (Å²) in [4.78, 5) is 31.3. The van der Waals surface area contributed by atoms with Crippen LogP contribution in [0.4, 0.5) is 16.2 Å². The molecule has 4 aromatic rings. The molecule has 2 aromatic heterocycles. The summed E-state index contributed by atoms with van der Waals surface area (Å²) in [6.07, 6.45) is 5.09. The van der Waals surface area contributed by atoms with Crippen molar-refractivity contribution in [3.05, 3.63) is 90.5 Å². The number of urea groups is 1. The van der Waals surface area contributed by atoms with Gasteiger partial charge in [-0.15, -0.1) is 0 Å². The first-order valence-electron chi connectivity index (χ1n) is 13.0. The molecule has 10 heteroatoms. The summed E-state index contributed by atoms with van der Waals surface area (Å²) in [7, 11) is 3.92. The zero-order chi connectivity index (χ0) is 28.7. The Balaban J connectivity index is 1.43. The highest BCUT2D eigenvalue weighted by atomic mass is 16.5. The summed E-state index contributed by atoms with van der Waals surface area (Å²) in [5, 5.41) is 13.5. The molecule has 3 amide bonds. The first-order valence-corrected chi connectivity index (χ1v) is 13.0. The lowest BCUT2D eigenvalue weighted by Crippen LogP contribution is -2.31. The molecular weight excluding hydrogens is 506 g/mol. The molecule has 0 aliphatic heterocycles. The molecule has 0 saturated heterocycles. The zero-order valence-corrected chi connectivity index (χ0v) is 23.4. The Morgan fingerprint density at radius 3 is 2.17 bits per heavy atom. The van der Waals surface area contributed by atoms with Gasteiger partial charge in [0.05, 0.1) is 23.3 Å². The second kappa shape index (κ2) is 12.4.